The summed E-state index contributed by atoms with van der Waals surface area (Å²) in [6.07, 6.45) is -26.3. The Bertz CT molecular complexity index is 5320. The van der Waals surface area contributed by atoms with Crippen molar-refractivity contribution in [3.8, 4) is 166 Å². The molecule has 586 valence electrons. The SMILES string of the molecule is O=C(OC[C@@H]1O[C@H](OC(=O)c2cc(O)c(O)c(O)c2)[C@@H](O)[C@H](O)[C@H]1OC(=O)c1cc(O)c(O)c(O)c1Oc1cc2c(c(O)c1O)-c1c(cc(O)c(O)c1O)C(=O)O[C@H]1C(OC(=O)c3cc(O)c(O)c(O)c3)O[C@@H]3COC(=O)c4cc(O)c(O)c(O)c4-c4c(cc(O)c(O)c4O)C(=O)O[C@H]3[C@@H]1OC2=O)c1cc(O)c(O)c(O)c1. The molecule has 2 fully saturated rings. The Labute approximate surface area is 616 Å². The summed E-state index contributed by atoms with van der Waals surface area (Å²) >= 11 is 0. The third-order valence-electron chi connectivity index (χ3n) is 17.3. The van der Waals surface area contributed by atoms with Gasteiger partial charge in [0.2, 0.25) is 53.2 Å². The Hall–Kier alpha value is -15.4. The number of rotatable bonds is 11. The first kappa shape index (κ1) is 76.2. The van der Waals surface area contributed by atoms with Crippen molar-refractivity contribution in [1.82, 2.24) is 0 Å². The third-order valence-corrected chi connectivity index (χ3v) is 17.3. The van der Waals surface area contributed by atoms with Crippen molar-refractivity contribution in [1.29, 1.82) is 0 Å². The number of hydrogen-bond donors (Lipinski definition) is 25. The number of cyclic esters (lactones) is 1. The van der Waals surface area contributed by atoms with Gasteiger partial charge in [0.05, 0.1) is 38.9 Å². The van der Waals surface area contributed by atoms with E-state index in [-0.39, 0.29) is 18.2 Å². The number of aromatic hydroxyl groups is 23. The van der Waals surface area contributed by atoms with E-state index in [1.807, 2.05) is 0 Å². The van der Waals surface area contributed by atoms with Crippen molar-refractivity contribution >= 4 is 47.8 Å². The number of fused-ring (bicyclic) bond motifs is 9. The Balaban J connectivity index is 0.978. The molecule has 4 aliphatic rings. The second kappa shape index (κ2) is 28.4. The van der Waals surface area contributed by atoms with E-state index in [4.69, 9.17) is 52.1 Å². The van der Waals surface area contributed by atoms with E-state index >= 15 is 9.59 Å². The van der Waals surface area contributed by atoms with Crippen LogP contribution in [0.5, 0.6) is 144 Å². The van der Waals surface area contributed by atoms with Crippen LogP contribution in [-0.4, -0.2) is 250 Å². The minimum atomic E-state index is -2.87. The van der Waals surface area contributed by atoms with Crippen molar-refractivity contribution in [2.24, 2.45) is 0 Å². The number of ether oxygens (including phenoxy) is 11. The normalized spacial score (nSPS) is 20.6. The summed E-state index contributed by atoms with van der Waals surface area (Å²) in [5, 5.41) is 271. The fourth-order valence-corrected chi connectivity index (χ4v) is 11.8. The highest BCUT2D eigenvalue weighted by Gasteiger charge is 2.57. The van der Waals surface area contributed by atoms with Crippen LogP contribution in [0, 0.1) is 0 Å². The van der Waals surface area contributed by atoms with Gasteiger partial charge in [-0.05, 0) is 54.6 Å². The van der Waals surface area contributed by atoms with Crippen LogP contribution < -0.4 is 4.74 Å². The van der Waals surface area contributed by atoms with Gasteiger partial charge in [0, 0.05) is 34.4 Å². The molecule has 10 atom stereocenters. The van der Waals surface area contributed by atoms with Gasteiger partial charge in [-0.25, -0.2) is 38.4 Å². The summed E-state index contributed by atoms with van der Waals surface area (Å²) in [7, 11) is 0. The summed E-state index contributed by atoms with van der Waals surface area (Å²) in [4.78, 5) is 116. The van der Waals surface area contributed by atoms with Crippen LogP contribution in [0.1, 0.15) is 82.9 Å². The number of phenolic OH excluding ortho intramolecular Hbond substituents is 23. The quantitative estimate of drug-likeness (QED) is 0.0498. The number of aliphatic hydroxyl groups excluding tert-OH is 2. The van der Waals surface area contributed by atoms with E-state index in [1.54, 1.807) is 0 Å². The lowest BCUT2D eigenvalue weighted by Gasteiger charge is -2.44. The molecule has 12 rings (SSSR count). The van der Waals surface area contributed by atoms with E-state index in [1.165, 1.54) is 0 Å². The smallest absolute Gasteiger partial charge is 0.342 e. The summed E-state index contributed by atoms with van der Waals surface area (Å²) < 4.78 is 61.4. The van der Waals surface area contributed by atoms with Crippen LogP contribution in [0.25, 0.3) is 22.3 Å². The molecule has 0 aliphatic carbocycles. The highest BCUT2D eigenvalue weighted by atomic mass is 16.8. The maximum Gasteiger partial charge on any atom is 0.342 e. The van der Waals surface area contributed by atoms with Crippen LogP contribution in [0.3, 0.4) is 0 Å². The molecule has 4 aliphatic heterocycles. The van der Waals surface area contributed by atoms with E-state index in [0.717, 1.165) is 0 Å². The van der Waals surface area contributed by atoms with Gasteiger partial charge in [-0.1, -0.05) is 0 Å². The molecule has 112 heavy (non-hydrogen) atoms. The predicted octanol–water partition coefficient (Wildman–Crippen LogP) is 1.77. The highest BCUT2D eigenvalue weighted by molar-refractivity contribution is 6.10. The fourth-order valence-electron chi connectivity index (χ4n) is 11.8. The fraction of sp³-hybridized carbons (Fsp3) is 0.176. The lowest BCUT2D eigenvalue weighted by molar-refractivity contribution is -0.284. The predicted molar refractivity (Wildman–Crippen MR) is 345 cm³/mol. The third kappa shape index (κ3) is 13.2. The molecular formula is C68H50O44. The zero-order chi connectivity index (χ0) is 81.7. The summed E-state index contributed by atoms with van der Waals surface area (Å²) in [5.74, 6) is -50.7. The van der Waals surface area contributed by atoms with Gasteiger partial charge in [-0.3, -0.25) is 0 Å². The van der Waals surface area contributed by atoms with Gasteiger partial charge in [0.25, 0.3) is 0 Å². The molecule has 0 radical (unpaired) electrons. The number of aliphatic hydroxyl groups is 2. The summed E-state index contributed by atoms with van der Waals surface area (Å²) in [5.41, 5.74) is -14.4. The molecule has 0 amide bonds. The van der Waals surface area contributed by atoms with Crippen molar-refractivity contribution in [3.63, 3.8) is 0 Å². The zero-order valence-electron chi connectivity index (χ0n) is 55.0. The average Bonchev–Trinajstić information content (AvgIpc) is 0.933. The number of phenols is 23. The van der Waals surface area contributed by atoms with Gasteiger partial charge in [-0.2, -0.15) is 0 Å². The number of benzene rings is 8. The second-order valence-corrected chi connectivity index (χ2v) is 24.3. The Kier molecular flexibility index (Phi) is 19.3. The second-order valence-electron chi connectivity index (χ2n) is 24.3. The lowest BCUT2D eigenvalue weighted by atomic mass is 9.91. The number of hydrogen-bond acceptors (Lipinski definition) is 44. The van der Waals surface area contributed by atoms with Crippen LogP contribution >= 0.6 is 0 Å². The molecule has 1 unspecified atom stereocenters. The van der Waals surface area contributed by atoms with E-state index in [0.29, 0.717) is 48.5 Å². The Morgan fingerprint density at radius 3 is 1.17 bits per heavy atom. The monoisotopic (exact) mass is 1570 g/mol. The first-order valence-electron chi connectivity index (χ1n) is 31.1. The van der Waals surface area contributed by atoms with E-state index < -0.39 is 333 Å². The molecule has 0 spiro atoms. The van der Waals surface area contributed by atoms with Gasteiger partial charge in [0.15, 0.2) is 128 Å². The Morgan fingerprint density at radius 1 is 0.348 bits per heavy atom. The molecule has 8 aromatic rings. The van der Waals surface area contributed by atoms with Gasteiger partial charge >= 0.3 is 47.8 Å². The molecular weight excluding hydrogens is 1520 g/mol. The first-order valence-corrected chi connectivity index (χ1v) is 31.1. The van der Waals surface area contributed by atoms with Gasteiger partial charge in [-0.15, -0.1) is 0 Å². The Morgan fingerprint density at radius 2 is 0.714 bits per heavy atom. The van der Waals surface area contributed by atoms with Crippen LogP contribution in [0.15, 0.2) is 66.7 Å². The maximum atomic E-state index is 15.6. The zero-order valence-corrected chi connectivity index (χ0v) is 55.0. The molecule has 44 nitrogen and oxygen atoms in total. The first-order chi connectivity index (χ1) is 52.7. The number of esters is 8. The van der Waals surface area contributed by atoms with E-state index in [2.05, 4.69) is 0 Å². The maximum absolute atomic E-state index is 15.6. The van der Waals surface area contributed by atoms with Crippen molar-refractivity contribution < 1.29 is 218 Å². The largest absolute Gasteiger partial charge is 0.504 e. The highest BCUT2D eigenvalue weighted by Crippen LogP contribution is 2.58. The van der Waals surface area contributed by atoms with Crippen molar-refractivity contribution in [2.45, 2.75) is 61.4 Å². The summed E-state index contributed by atoms with van der Waals surface area (Å²) in [6.45, 7) is -2.82. The average molecular weight is 1570 g/mol. The van der Waals surface area contributed by atoms with Crippen LogP contribution in [0.2, 0.25) is 0 Å². The summed E-state index contributed by atoms with van der Waals surface area (Å²) in [6, 6.07) is 4.39. The number of carbonyl (C=O) groups is 8. The topological polar surface area (TPSA) is 744 Å². The molecule has 8 aromatic carbocycles. The van der Waals surface area contributed by atoms with Gasteiger partial charge in [0.1, 0.15) is 43.2 Å². The van der Waals surface area contributed by atoms with Crippen LogP contribution in [-0.2, 0) is 47.4 Å². The minimum Gasteiger partial charge on any atom is -0.504 e. The number of carbonyl (C=O) groups excluding carboxylic acids is 8. The lowest BCUT2D eigenvalue weighted by Crippen LogP contribution is -2.63. The molecule has 4 heterocycles. The molecule has 44 heteroatoms. The standard InChI is InChI=1S/C68H50O44/c69-22-1-14(2-23(70)39(22)79)59(94)102-12-33-55(52(92)53(93)67(105-33)111-60(95)15-3-24(71)40(80)25(72)4-15)107-66(101)21-10-31(78)45(85)51(91)54(21)104-32-11-20-38(50(90)46(32)86)37-19(9-30(77)44(84)49(37)89)64(99)110-58-57(109-65(20)100)56-34(106-68(58)112-61(96)16-5-26(73)41(81)27(74)6-16)13-103-62(97)17-7-28(75)42(82)47(87)35(17)36-18(63(98)108-56)8-29(76)43(83)48(36)88/h1-11,33-34,52-53,55-58,67-93H,12-13H2/t33-,34+,52-,53-,55-,56+,57-,58+,67+,68?/m0/s1. The minimum absolute atomic E-state index is 0.182. The van der Waals surface area contributed by atoms with Crippen molar-refractivity contribution in [2.75, 3.05) is 13.2 Å². The van der Waals surface area contributed by atoms with Crippen molar-refractivity contribution in [3.05, 3.63) is 111 Å². The molecule has 25 N–H and O–H groups in total. The molecule has 0 aromatic heterocycles. The molecule has 0 bridgehead atoms. The van der Waals surface area contributed by atoms with Gasteiger partial charge < -0.3 is 180 Å². The van der Waals surface area contributed by atoms with Crippen LogP contribution in [0.4, 0.5) is 0 Å². The molecule has 0 saturated carbocycles. The molecule has 2 saturated heterocycles. The van der Waals surface area contributed by atoms with E-state index in [9.17, 15) is 156 Å².